The summed E-state index contributed by atoms with van der Waals surface area (Å²) >= 11 is 5.93. The smallest absolute Gasteiger partial charge is 0.254 e. The first-order valence-corrected chi connectivity index (χ1v) is 11.2. The first-order valence-electron chi connectivity index (χ1n) is 10.8. The van der Waals surface area contributed by atoms with E-state index in [1.165, 1.54) is 0 Å². The number of piperidine rings is 1. The van der Waals surface area contributed by atoms with Crippen molar-refractivity contribution in [2.75, 3.05) is 20.2 Å². The summed E-state index contributed by atoms with van der Waals surface area (Å²) in [6.45, 7) is 0.934. The van der Waals surface area contributed by atoms with Gasteiger partial charge in [0.2, 0.25) is 0 Å². The van der Waals surface area contributed by atoms with Gasteiger partial charge in [-0.05, 0) is 67.4 Å². The fourth-order valence-corrected chi connectivity index (χ4v) is 4.26. The maximum atomic E-state index is 13.3. The number of rotatable bonds is 6. The number of nitrogens with zero attached hydrogens (tertiary/aromatic N) is 1. The Labute approximate surface area is 197 Å². The molecule has 0 atom stereocenters. The average Bonchev–Trinajstić information content (AvgIpc) is 2.88. The number of ether oxygens (including phenoxy) is 1. The van der Waals surface area contributed by atoms with Crippen LogP contribution in [0, 0.1) is 5.92 Å². The van der Waals surface area contributed by atoms with E-state index < -0.39 is 0 Å². The maximum absolute atomic E-state index is 13.3. The van der Waals surface area contributed by atoms with Gasteiger partial charge in [-0.2, -0.15) is 0 Å². The highest BCUT2D eigenvalue weighted by molar-refractivity contribution is 6.30. The van der Waals surface area contributed by atoms with Gasteiger partial charge in [0.25, 0.3) is 5.91 Å². The molecule has 0 aromatic heterocycles. The van der Waals surface area contributed by atoms with Crippen molar-refractivity contribution < 1.29 is 19.1 Å². The molecule has 0 bridgehead atoms. The van der Waals surface area contributed by atoms with E-state index in [2.05, 4.69) is 0 Å². The molecule has 1 aliphatic heterocycles. The zero-order valence-corrected chi connectivity index (χ0v) is 19.0. The van der Waals surface area contributed by atoms with Gasteiger partial charge < -0.3 is 9.64 Å². The van der Waals surface area contributed by atoms with Gasteiger partial charge >= 0.3 is 0 Å². The van der Waals surface area contributed by atoms with E-state index in [-0.39, 0.29) is 23.4 Å². The second kappa shape index (κ2) is 10.0. The highest BCUT2D eigenvalue weighted by atomic mass is 35.5. The molecule has 5 nitrogen and oxygen atoms in total. The molecule has 33 heavy (non-hydrogen) atoms. The quantitative estimate of drug-likeness (QED) is 0.466. The second-order valence-electron chi connectivity index (χ2n) is 8.04. The molecule has 3 aromatic carbocycles. The van der Waals surface area contributed by atoms with Crippen molar-refractivity contribution >= 4 is 29.1 Å². The highest BCUT2D eigenvalue weighted by Gasteiger charge is 2.30. The first-order chi connectivity index (χ1) is 16.0. The largest absolute Gasteiger partial charge is 0.497 e. The van der Waals surface area contributed by atoms with Crippen LogP contribution in [0.4, 0.5) is 0 Å². The fourth-order valence-electron chi connectivity index (χ4n) is 4.13. The van der Waals surface area contributed by atoms with E-state index in [0.717, 1.165) is 0 Å². The monoisotopic (exact) mass is 461 g/mol. The number of hydrogen-bond donors (Lipinski definition) is 0. The van der Waals surface area contributed by atoms with E-state index in [9.17, 15) is 14.4 Å². The van der Waals surface area contributed by atoms with Crippen molar-refractivity contribution in [3.05, 3.63) is 100 Å². The third kappa shape index (κ3) is 4.99. The maximum Gasteiger partial charge on any atom is 0.254 e. The zero-order valence-electron chi connectivity index (χ0n) is 18.3. The summed E-state index contributed by atoms with van der Waals surface area (Å²) in [7, 11) is 1.59. The first kappa shape index (κ1) is 22.7. The van der Waals surface area contributed by atoms with E-state index in [1.54, 1.807) is 84.8 Å². The van der Waals surface area contributed by atoms with Crippen LogP contribution in [0.25, 0.3) is 0 Å². The molecule has 0 aliphatic carbocycles. The van der Waals surface area contributed by atoms with Crippen molar-refractivity contribution in [1.29, 1.82) is 0 Å². The van der Waals surface area contributed by atoms with Crippen molar-refractivity contribution in [3.8, 4) is 5.75 Å². The van der Waals surface area contributed by atoms with Crippen LogP contribution in [0.5, 0.6) is 5.75 Å². The lowest BCUT2D eigenvalue weighted by molar-refractivity contribution is 0.0648. The van der Waals surface area contributed by atoms with Crippen LogP contribution in [0.3, 0.4) is 0 Å². The SMILES string of the molecule is COc1ccc(C(=O)C2CCN(C(=O)c3ccccc3C(=O)c3ccc(Cl)cc3)CC2)cc1. The van der Waals surface area contributed by atoms with Crippen LogP contribution in [-0.2, 0) is 0 Å². The molecule has 3 aromatic rings. The molecule has 1 amide bonds. The Morgan fingerprint density at radius 1 is 0.818 bits per heavy atom. The van der Waals surface area contributed by atoms with Crippen LogP contribution in [0.2, 0.25) is 5.02 Å². The lowest BCUT2D eigenvalue weighted by Crippen LogP contribution is -2.40. The normalized spacial score (nSPS) is 14.1. The molecular weight excluding hydrogens is 438 g/mol. The molecule has 0 radical (unpaired) electrons. The van der Waals surface area contributed by atoms with Crippen LogP contribution in [0.1, 0.15) is 49.5 Å². The fraction of sp³-hybridized carbons (Fsp3) is 0.222. The third-order valence-electron chi connectivity index (χ3n) is 6.04. The standard InChI is InChI=1S/C27H24ClNO4/c1-33-22-12-8-18(9-13-22)25(30)20-14-16-29(17-15-20)27(32)24-5-3-2-4-23(24)26(31)19-6-10-21(28)11-7-19/h2-13,20H,14-17H2,1H3. The van der Waals surface area contributed by atoms with E-state index >= 15 is 0 Å². The molecule has 0 unspecified atom stereocenters. The molecule has 1 saturated heterocycles. The average molecular weight is 462 g/mol. The van der Waals surface area contributed by atoms with Gasteiger partial charge in [-0.3, -0.25) is 14.4 Å². The Kier molecular flexibility index (Phi) is 6.90. The number of carbonyl (C=O) groups excluding carboxylic acids is 3. The molecule has 1 fully saturated rings. The van der Waals surface area contributed by atoms with Crippen molar-refractivity contribution in [2.45, 2.75) is 12.8 Å². The molecular formula is C27H24ClNO4. The number of Topliss-reactive ketones (excluding diaryl/α,β-unsaturated/α-hetero) is 1. The summed E-state index contributed by atoms with van der Waals surface area (Å²) in [5.41, 5.74) is 1.86. The molecule has 0 saturated carbocycles. The number of ketones is 2. The van der Waals surface area contributed by atoms with Crippen LogP contribution < -0.4 is 4.74 Å². The molecule has 168 valence electrons. The van der Waals surface area contributed by atoms with E-state index in [1.807, 2.05) is 0 Å². The van der Waals surface area contributed by atoms with E-state index in [4.69, 9.17) is 16.3 Å². The predicted molar refractivity (Wildman–Crippen MR) is 127 cm³/mol. The van der Waals surface area contributed by atoms with Gasteiger partial charge in [0.05, 0.1) is 12.7 Å². The zero-order chi connectivity index (χ0) is 23.4. The molecule has 4 rings (SSSR count). The minimum Gasteiger partial charge on any atom is -0.497 e. The lowest BCUT2D eigenvalue weighted by atomic mass is 9.88. The molecule has 1 aliphatic rings. The summed E-state index contributed by atoms with van der Waals surface area (Å²) in [5, 5.41) is 0.544. The Morgan fingerprint density at radius 3 is 2.00 bits per heavy atom. The number of methoxy groups -OCH3 is 1. The number of carbonyl (C=O) groups is 3. The van der Waals surface area contributed by atoms with Gasteiger partial charge in [-0.1, -0.05) is 29.8 Å². The summed E-state index contributed by atoms with van der Waals surface area (Å²) in [6.07, 6.45) is 1.17. The third-order valence-corrected chi connectivity index (χ3v) is 6.29. The molecule has 6 heteroatoms. The summed E-state index contributed by atoms with van der Waals surface area (Å²) in [4.78, 5) is 40.9. The summed E-state index contributed by atoms with van der Waals surface area (Å²) < 4.78 is 5.15. The van der Waals surface area contributed by atoms with Gasteiger partial charge in [0, 0.05) is 40.7 Å². The molecule has 1 heterocycles. The number of benzene rings is 3. The number of likely N-dealkylation sites (tertiary alicyclic amines) is 1. The molecule has 0 N–H and O–H groups in total. The highest BCUT2D eigenvalue weighted by Crippen LogP contribution is 2.25. The Bertz CT molecular complexity index is 1160. The van der Waals surface area contributed by atoms with Crippen molar-refractivity contribution in [2.24, 2.45) is 5.92 Å². The summed E-state index contributed by atoms with van der Waals surface area (Å²) in [5.74, 6) is 0.249. The predicted octanol–water partition coefficient (Wildman–Crippen LogP) is 5.31. The Morgan fingerprint density at radius 2 is 1.39 bits per heavy atom. The van der Waals surface area contributed by atoms with E-state index in [0.29, 0.717) is 59.0 Å². The molecule has 0 spiro atoms. The number of hydrogen-bond acceptors (Lipinski definition) is 4. The van der Waals surface area contributed by atoms with Gasteiger partial charge in [0.15, 0.2) is 11.6 Å². The van der Waals surface area contributed by atoms with Crippen molar-refractivity contribution in [1.82, 2.24) is 4.90 Å². The van der Waals surface area contributed by atoms with Crippen molar-refractivity contribution in [3.63, 3.8) is 0 Å². The summed E-state index contributed by atoms with van der Waals surface area (Å²) in [6, 6.07) is 20.6. The van der Waals surface area contributed by atoms with Crippen LogP contribution in [0.15, 0.2) is 72.8 Å². The van der Waals surface area contributed by atoms with Gasteiger partial charge in [-0.25, -0.2) is 0 Å². The number of amides is 1. The minimum absolute atomic E-state index is 0.0862. The minimum atomic E-state index is -0.222. The van der Waals surface area contributed by atoms with Gasteiger partial charge in [0.1, 0.15) is 5.75 Å². The lowest BCUT2D eigenvalue weighted by Gasteiger charge is -2.31. The Balaban J connectivity index is 1.45. The van der Waals surface area contributed by atoms with Crippen LogP contribution in [-0.4, -0.2) is 42.6 Å². The number of halogens is 1. The topological polar surface area (TPSA) is 63.7 Å². The van der Waals surface area contributed by atoms with Crippen LogP contribution >= 0.6 is 11.6 Å². The second-order valence-corrected chi connectivity index (χ2v) is 8.48. The Hall–Kier alpha value is -3.44. The van der Waals surface area contributed by atoms with Gasteiger partial charge in [-0.15, -0.1) is 0 Å².